The Balaban J connectivity index is 1.73. The predicted octanol–water partition coefficient (Wildman–Crippen LogP) is 2.66. The van der Waals surface area contributed by atoms with Crippen molar-refractivity contribution in [1.82, 2.24) is 9.61 Å². The van der Waals surface area contributed by atoms with Gasteiger partial charge in [-0.3, -0.25) is 0 Å². The van der Waals surface area contributed by atoms with E-state index in [2.05, 4.69) is 5.10 Å². The van der Waals surface area contributed by atoms with Crippen LogP contribution < -0.4 is 0 Å². The van der Waals surface area contributed by atoms with Crippen molar-refractivity contribution in [2.24, 2.45) is 0 Å². The van der Waals surface area contributed by atoms with Crippen LogP contribution in [-0.2, 0) is 31.7 Å². The van der Waals surface area contributed by atoms with E-state index in [9.17, 15) is 13.2 Å². The van der Waals surface area contributed by atoms with E-state index in [4.69, 9.17) is 18.9 Å². The minimum absolute atomic E-state index is 0.00316. The molecule has 9 heteroatoms. The molecule has 2 aliphatic heterocycles. The highest BCUT2D eigenvalue weighted by Crippen LogP contribution is 2.34. The van der Waals surface area contributed by atoms with E-state index in [1.54, 1.807) is 12.1 Å². The smallest absolute Gasteiger partial charge is 0.346 e. The average Bonchev–Trinajstić information content (AvgIpc) is 3.00. The van der Waals surface area contributed by atoms with Crippen molar-refractivity contribution in [2.45, 2.75) is 38.4 Å². The predicted molar refractivity (Wildman–Crippen MR) is 74.0 cm³/mol. The molecule has 0 radical (unpaired) electrons. The molecule has 4 rings (SSSR count). The highest BCUT2D eigenvalue weighted by atomic mass is 19.4. The first-order valence-electron chi connectivity index (χ1n) is 7.52. The number of ether oxygens (including phenoxy) is 4. The summed E-state index contributed by atoms with van der Waals surface area (Å²) in [5.74, 6) is 0. The van der Waals surface area contributed by atoms with Gasteiger partial charge in [0.25, 0.3) is 0 Å². The van der Waals surface area contributed by atoms with Crippen molar-refractivity contribution in [3.63, 3.8) is 0 Å². The second-order valence-electron chi connectivity index (χ2n) is 5.70. The molecule has 0 saturated carbocycles. The number of hydrogen-bond acceptors (Lipinski definition) is 5. The number of halogens is 3. The molecular formula is C15H15F3N2O4. The Labute approximate surface area is 135 Å². The highest BCUT2D eigenvalue weighted by Gasteiger charge is 2.37. The zero-order chi connectivity index (χ0) is 16.9. The number of epoxide rings is 1. The fourth-order valence-electron chi connectivity index (χ4n) is 2.64. The van der Waals surface area contributed by atoms with Crippen LogP contribution in [0, 0.1) is 0 Å². The van der Waals surface area contributed by atoms with E-state index in [1.165, 1.54) is 4.52 Å². The number of aromatic nitrogens is 2. The van der Waals surface area contributed by atoms with Crippen LogP contribution in [0.3, 0.4) is 0 Å². The maximum absolute atomic E-state index is 13.1. The summed E-state index contributed by atoms with van der Waals surface area (Å²) in [5, 5.41) is 3.69. The molecule has 24 heavy (non-hydrogen) atoms. The number of rotatable bonds is 4. The van der Waals surface area contributed by atoms with Crippen LogP contribution in [0.1, 0.15) is 30.2 Å². The van der Waals surface area contributed by atoms with Crippen molar-refractivity contribution in [3.8, 4) is 0 Å². The van der Waals surface area contributed by atoms with Crippen molar-refractivity contribution >= 4 is 5.52 Å². The van der Waals surface area contributed by atoms with Crippen molar-refractivity contribution in [1.29, 1.82) is 0 Å². The minimum atomic E-state index is -4.53. The molecule has 2 fully saturated rings. The molecule has 6 nitrogen and oxygen atoms in total. The molecule has 1 unspecified atom stereocenters. The van der Waals surface area contributed by atoms with Gasteiger partial charge in [-0.1, -0.05) is 0 Å². The zero-order valence-corrected chi connectivity index (χ0v) is 12.7. The van der Waals surface area contributed by atoms with Crippen LogP contribution >= 0.6 is 0 Å². The largest absolute Gasteiger partial charge is 0.435 e. The van der Waals surface area contributed by atoms with E-state index in [0.717, 1.165) is 6.07 Å². The summed E-state index contributed by atoms with van der Waals surface area (Å²) in [6.07, 6.45) is -5.54. The van der Waals surface area contributed by atoms with Crippen molar-refractivity contribution in [3.05, 3.63) is 35.2 Å². The molecule has 130 valence electrons. The first-order chi connectivity index (χ1) is 11.4. The fraction of sp³-hybridized carbons (Fsp3) is 0.533. The fourth-order valence-corrected chi connectivity index (χ4v) is 2.64. The van der Waals surface area contributed by atoms with E-state index < -0.39 is 18.2 Å². The Morgan fingerprint density at radius 1 is 1.29 bits per heavy atom. The van der Waals surface area contributed by atoms with Crippen LogP contribution in [0.15, 0.2) is 18.2 Å². The number of alkyl halides is 3. The molecule has 2 atom stereocenters. The Hall–Kier alpha value is -1.68. The molecule has 0 spiro atoms. The van der Waals surface area contributed by atoms with Gasteiger partial charge in [0.05, 0.1) is 31.0 Å². The van der Waals surface area contributed by atoms with Crippen molar-refractivity contribution in [2.75, 3.05) is 13.2 Å². The van der Waals surface area contributed by atoms with Crippen LogP contribution in [-0.4, -0.2) is 35.2 Å². The van der Waals surface area contributed by atoms with Gasteiger partial charge in [-0.25, -0.2) is 4.52 Å². The van der Waals surface area contributed by atoms with Gasteiger partial charge in [0.1, 0.15) is 6.10 Å². The van der Waals surface area contributed by atoms with Crippen LogP contribution in [0.4, 0.5) is 13.2 Å². The van der Waals surface area contributed by atoms with Gasteiger partial charge >= 0.3 is 6.18 Å². The third-order valence-electron chi connectivity index (χ3n) is 3.95. The first kappa shape index (κ1) is 15.8. The van der Waals surface area contributed by atoms with Crippen LogP contribution in [0.5, 0.6) is 0 Å². The molecule has 2 aromatic heterocycles. The van der Waals surface area contributed by atoms with E-state index in [-0.39, 0.29) is 19.0 Å². The lowest BCUT2D eigenvalue weighted by Crippen LogP contribution is -2.09. The second-order valence-corrected chi connectivity index (χ2v) is 5.70. The molecule has 0 bridgehead atoms. The summed E-state index contributed by atoms with van der Waals surface area (Å²) in [7, 11) is 0. The van der Waals surface area contributed by atoms with Gasteiger partial charge in [0.2, 0.25) is 0 Å². The molecule has 2 saturated heterocycles. The lowest BCUT2D eigenvalue weighted by Gasteiger charge is -2.13. The first-order valence-corrected chi connectivity index (χ1v) is 7.52. The summed E-state index contributed by atoms with van der Waals surface area (Å²) in [6.45, 7) is 2.75. The second kappa shape index (κ2) is 5.69. The summed E-state index contributed by atoms with van der Waals surface area (Å²) in [4.78, 5) is 0. The number of nitrogens with zero attached hydrogens (tertiary/aromatic N) is 2. The van der Waals surface area contributed by atoms with Gasteiger partial charge in [-0.15, -0.1) is 0 Å². The van der Waals surface area contributed by atoms with Crippen molar-refractivity contribution < 1.29 is 32.1 Å². The quantitative estimate of drug-likeness (QED) is 0.798. The number of pyridine rings is 1. The third-order valence-corrected chi connectivity index (χ3v) is 3.95. The molecule has 2 aromatic rings. The average molecular weight is 344 g/mol. The van der Waals surface area contributed by atoms with Gasteiger partial charge in [0, 0.05) is 5.56 Å². The molecule has 4 heterocycles. The molecule has 0 aromatic carbocycles. The van der Waals surface area contributed by atoms with E-state index in [1.807, 2.05) is 6.92 Å². The van der Waals surface area contributed by atoms with Gasteiger partial charge in [-0.2, -0.15) is 18.3 Å². The summed E-state index contributed by atoms with van der Waals surface area (Å²) in [5.41, 5.74) is 0.325. The summed E-state index contributed by atoms with van der Waals surface area (Å²) in [6, 6.07) is 4.34. The zero-order valence-electron chi connectivity index (χ0n) is 12.7. The molecule has 2 aliphatic rings. The number of fused-ring (bicyclic) bond motifs is 1. The van der Waals surface area contributed by atoms with Gasteiger partial charge in [-0.05, 0) is 25.1 Å². The molecular weight excluding hydrogens is 329 g/mol. The molecule has 0 aliphatic carbocycles. The minimum Gasteiger partial charge on any atom is -0.346 e. The topological polar surface area (TPSA) is 57.5 Å². The van der Waals surface area contributed by atoms with Crippen LogP contribution in [0.25, 0.3) is 5.52 Å². The SMILES string of the molecule is C[C@@H]1OC1OCc1ccc(C2OCCO2)c2cc(C(F)(F)F)nn12. The highest BCUT2D eigenvalue weighted by molar-refractivity contribution is 5.57. The van der Waals surface area contributed by atoms with Gasteiger partial charge in [0.15, 0.2) is 18.3 Å². The third kappa shape index (κ3) is 2.88. The lowest BCUT2D eigenvalue weighted by molar-refractivity contribution is -0.141. The molecule has 0 amide bonds. The molecule has 0 N–H and O–H groups in total. The maximum atomic E-state index is 13.1. The van der Waals surface area contributed by atoms with E-state index in [0.29, 0.717) is 30.0 Å². The standard InChI is InChI=1S/C15H15F3N2O4/c1-8-13(24-8)23-7-9-2-3-10(14-21-4-5-22-14)11-6-12(15(16,17)18)19-20(9)11/h2-3,6,8,13-14H,4-5,7H2,1H3/t8-,13?/m0/s1. The Kier molecular flexibility index (Phi) is 3.75. The maximum Gasteiger partial charge on any atom is 0.435 e. The normalized spacial score (nSPS) is 24.8. The van der Waals surface area contributed by atoms with Crippen LogP contribution in [0.2, 0.25) is 0 Å². The Bertz CT molecular complexity index is 755. The van der Waals surface area contributed by atoms with Gasteiger partial charge < -0.3 is 18.9 Å². The Morgan fingerprint density at radius 2 is 2.00 bits per heavy atom. The lowest BCUT2D eigenvalue weighted by atomic mass is 10.2. The summed E-state index contributed by atoms with van der Waals surface area (Å²) >= 11 is 0. The monoisotopic (exact) mass is 344 g/mol. The summed E-state index contributed by atoms with van der Waals surface area (Å²) < 4.78 is 61.8. The number of hydrogen-bond donors (Lipinski definition) is 0. The van der Waals surface area contributed by atoms with E-state index >= 15 is 0 Å². The Morgan fingerprint density at radius 3 is 2.62 bits per heavy atom.